The zero-order valence-electron chi connectivity index (χ0n) is 12.1. The number of carbonyl (C=O) groups excluding carboxylic acids is 1. The average molecular weight is 263 g/mol. The molecule has 1 heterocycles. The van der Waals surface area contributed by atoms with Gasteiger partial charge in [-0.05, 0) is 38.0 Å². The highest BCUT2D eigenvalue weighted by Crippen LogP contribution is 2.40. The van der Waals surface area contributed by atoms with Crippen LogP contribution in [0.3, 0.4) is 0 Å². The highest BCUT2D eigenvalue weighted by molar-refractivity contribution is 6.00. The van der Waals surface area contributed by atoms with Gasteiger partial charge < -0.3 is 5.73 Å². The van der Waals surface area contributed by atoms with Crippen molar-refractivity contribution in [2.24, 2.45) is 17.1 Å². The minimum atomic E-state index is -0.341. The second-order valence-corrected chi connectivity index (χ2v) is 5.99. The number of carbonyl (C=O) groups is 1. The van der Waals surface area contributed by atoms with Gasteiger partial charge >= 0.3 is 0 Å². The van der Waals surface area contributed by atoms with Gasteiger partial charge in [-0.15, -0.1) is 0 Å². The van der Waals surface area contributed by atoms with Gasteiger partial charge in [-0.25, -0.2) is 0 Å². The molecule has 106 valence electrons. The summed E-state index contributed by atoms with van der Waals surface area (Å²) in [6, 6.07) is 0. The van der Waals surface area contributed by atoms with Gasteiger partial charge in [0.15, 0.2) is 5.78 Å². The molecule has 1 saturated carbocycles. The molecule has 2 N–H and O–H groups in total. The third-order valence-electron chi connectivity index (χ3n) is 4.45. The number of aromatic nitrogens is 2. The zero-order chi connectivity index (χ0) is 13.9. The van der Waals surface area contributed by atoms with Crippen molar-refractivity contribution in [1.82, 2.24) is 9.78 Å². The number of nitrogens with two attached hydrogens (primary N) is 1. The third kappa shape index (κ3) is 2.89. The van der Waals surface area contributed by atoms with Crippen LogP contribution in [0, 0.1) is 11.3 Å². The average Bonchev–Trinajstić information content (AvgIpc) is 2.88. The molecule has 0 spiro atoms. The summed E-state index contributed by atoms with van der Waals surface area (Å²) in [5.74, 6) is 0.916. The predicted octanol–water partition coefficient (Wildman–Crippen LogP) is 2.63. The van der Waals surface area contributed by atoms with E-state index in [1.54, 1.807) is 6.20 Å². The molecule has 0 unspecified atom stereocenters. The fraction of sp³-hybridized carbons (Fsp3) is 0.733. The molecule has 19 heavy (non-hydrogen) atoms. The van der Waals surface area contributed by atoms with Crippen molar-refractivity contribution in [3.8, 4) is 0 Å². The summed E-state index contributed by atoms with van der Waals surface area (Å²) >= 11 is 0. The van der Waals surface area contributed by atoms with E-state index < -0.39 is 0 Å². The molecule has 1 fully saturated rings. The van der Waals surface area contributed by atoms with E-state index in [1.165, 1.54) is 0 Å². The SMILES string of the molecule is CCCn1cc(C(=O)C2(CN)CCC(C)CC2)cn1. The Morgan fingerprint density at radius 1 is 1.53 bits per heavy atom. The third-order valence-corrected chi connectivity index (χ3v) is 4.45. The first-order valence-corrected chi connectivity index (χ1v) is 7.38. The molecule has 2 rings (SSSR count). The first-order chi connectivity index (χ1) is 9.11. The number of Topliss-reactive ketones (excluding diaryl/α,β-unsaturated/α-hetero) is 1. The van der Waals surface area contributed by atoms with Crippen molar-refractivity contribution in [2.75, 3.05) is 6.54 Å². The Morgan fingerprint density at radius 3 is 2.79 bits per heavy atom. The molecule has 1 aliphatic rings. The maximum absolute atomic E-state index is 12.7. The lowest BCUT2D eigenvalue weighted by molar-refractivity contribution is 0.0695. The number of hydrogen-bond donors (Lipinski definition) is 1. The smallest absolute Gasteiger partial charge is 0.173 e. The minimum absolute atomic E-state index is 0.198. The second-order valence-electron chi connectivity index (χ2n) is 5.99. The monoisotopic (exact) mass is 263 g/mol. The van der Waals surface area contributed by atoms with Gasteiger partial charge in [-0.2, -0.15) is 5.10 Å². The maximum atomic E-state index is 12.7. The van der Waals surface area contributed by atoms with Crippen LogP contribution in [0.15, 0.2) is 12.4 Å². The number of ketones is 1. The van der Waals surface area contributed by atoms with Crippen LogP contribution in [0.4, 0.5) is 0 Å². The molecule has 1 aromatic heterocycles. The van der Waals surface area contributed by atoms with Crippen LogP contribution in [0.5, 0.6) is 0 Å². The maximum Gasteiger partial charge on any atom is 0.173 e. The van der Waals surface area contributed by atoms with Gasteiger partial charge in [0.2, 0.25) is 0 Å². The van der Waals surface area contributed by atoms with E-state index in [0.29, 0.717) is 6.54 Å². The van der Waals surface area contributed by atoms with Gasteiger partial charge in [0, 0.05) is 24.7 Å². The van der Waals surface area contributed by atoms with E-state index in [9.17, 15) is 4.79 Å². The summed E-state index contributed by atoms with van der Waals surface area (Å²) < 4.78 is 1.85. The lowest BCUT2D eigenvalue weighted by Crippen LogP contribution is -2.41. The Balaban J connectivity index is 2.15. The fourth-order valence-corrected chi connectivity index (χ4v) is 2.98. The normalized spacial score (nSPS) is 27.4. The summed E-state index contributed by atoms with van der Waals surface area (Å²) in [6.07, 6.45) is 8.65. The predicted molar refractivity (Wildman–Crippen MR) is 76.0 cm³/mol. The van der Waals surface area contributed by atoms with Crippen LogP contribution in [0.1, 0.15) is 56.3 Å². The van der Waals surface area contributed by atoms with Crippen LogP contribution in [0.2, 0.25) is 0 Å². The molecule has 0 bridgehead atoms. The van der Waals surface area contributed by atoms with E-state index >= 15 is 0 Å². The second kappa shape index (κ2) is 5.87. The van der Waals surface area contributed by atoms with E-state index in [1.807, 2.05) is 10.9 Å². The minimum Gasteiger partial charge on any atom is -0.329 e. The Kier molecular flexibility index (Phi) is 4.40. The zero-order valence-corrected chi connectivity index (χ0v) is 12.1. The lowest BCUT2D eigenvalue weighted by Gasteiger charge is -2.36. The Morgan fingerprint density at radius 2 is 2.21 bits per heavy atom. The van der Waals surface area contributed by atoms with Crippen molar-refractivity contribution in [3.05, 3.63) is 18.0 Å². The van der Waals surface area contributed by atoms with Crippen molar-refractivity contribution in [2.45, 2.75) is 52.5 Å². The van der Waals surface area contributed by atoms with Gasteiger partial charge in [0.05, 0.1) is 11.8 Å². The van der Waals surface area contributed by atoms with Gasteiger partial charge in [-0.1, -0.05) is 13.8 Å². The standard InChI is InChI=1S/C15H25N3O/c1-3-8-18-10-13(9-17-18)14(19)15(11-16)6-4-12(2)5-7-15/h9-10,12H,3-8,11,16H2,1-2H3. The molecule has 1 aromatic rings. The van der Waals surface area contributed by atoms with E-state index in [2.05, 4.69) is 18.9 Å². The Labute approximate surface area is 115 Å². The Bertz CT molecular complexity index is 430. The van der Waals surface area contributed by atoms with Crippen LogP contribution in [0.25, 0.3) is 0 Å². The van der Waals surface area contributed by atoms with Crippen molar-refractivity contribution < 1.29 is 4.79 Å². The highest BCUT2D eigenvalue weighted by atomic mass is 16.1. The molecule has 0 aliphatic heterocycles. The number of nitrogens with zero attached hydrogens (tertiary/aromatic N) is 2. The first-order valence-electron chi connectivity index (χ1n) is 7.38. The van der Waals surface area contributed by atoms with Crippen LogP contribution >= 0.6 is 0 Å². The molecule has 1 aliphatic carbocycles. The van der Waals surface area contributed by atoms with E-state index in [4.69, 9.17) is 5.73 Å². The Hall–Kier alpha value is -1.16. The van der Waals surface area contributed by atoms with Crippen molar-refractivity contribution >= 4 is 5.78 Å². The molecule has 4 nitrogen and oxygen atoms in total. The molecule has 4 heteroatoms. The van der Waals surface area contributed by atoms with Gasteiger partial charge in [0.1, 0.15) is 0 Å². The van der Waals surface area contributed by atoms with Gasteiger partial charge in [0.25, 0.3) is 0 Å². The summed E-state index contributed by atoms with van der Waals surface area (Å²) in [5.41, 5.74) is 6.33. The number of hydrogen-bond acceptors (Lipinski definition) is 3. The first kappa shape index (κ1) is 14.3. The quantitative estimate of drug-likeness (QED) is 0.831. The largest absolute Gasteiger partial charge is 0.329 e. The van der Waals surface area contributed by atoms with Crippen LogP contribution < -0.4 is 5.73 Å². The molecule has 0 aromatic carbocycles. The lowest BCUT2D eigenvalue weighted by atomic mass is 9.67. The number of aryl methyl sites for hydroxylation is 1. The molecular formula is C15H25N3O. The summed E-state index contributed by atoms with van der Waals surface area (Å²) in [4.78, 5) is 12.7. The van der Waals surface area contributed by atoms with Crippen LogP contribution in [-0.2, 0) is 6.54 Å². The summed E-state index contributed by atoms with van der Waals surface area (Å²) in [7, 11) is 0. The number of rotatable bonds is 5. The molecule has 0 saturated heterocycles. The topological polar surface area (TPSA) is 60.9 Å². The molecule has 0 radical (unpaired) electrons. The fourth-order valence-electron chi connectivity index (χ4n) is 2.98. The summed E-state index contributed by atoms with van der Waals surface area (Å²) in [5, 5.41) is 4.26. The van der Waals surface area contributed by atoms with Crippen molar-refractivity contribution in [3.63, 3.8) is 0 Å². The van der Waals surface area contributed by atoms with Gasteiger partial charge in [-0.3, -0.25) is 9.48 Å². The molecular weight excluding hydrogens is 238 g/mol. The molecule has 0 atom stereocenters. The van der Waals surface area contributed by atoms with Crippen LogP contribution in [-0.4, -0.2) is 22.1 Å². The van der Waals surface area contributed by atoms with E-state index in [-0.39, 0.29) is 11.2 Å². The highest BCUT2D eigenvalue weighted by Gasteiger charge is 2.40. The summed E-state index contributed by atoms with van der Waals surface area (Å²) in [6.45, 7) is 5.68. The van der Waals surface area contributed by atoms with E-state index in [0.717, 1.165) is 50.1 Å². The molecule has 0 amide bonds. The van der Waals surface area contributed by atoms with Crippen molar-refractivity contribution in [1.29, 1.82) is 0 Å².